The molecule has 0 bridgehead atoms. The number of aliphatic hydroxyl groups is 2. The summed E-state index contributed by atoms with van der Waals surface area (Å²) in [6.45, 7) is 1.59. The van der Waals surface area contributed by atoms with Crippen molar-refractivity contribution >= 4 is 5.97 Å². The maximum absolute atomic E-state index is 10.2. The number of carbonyl (C=O) groups is 1. The van der Waals surface area contributed by atoms with Crippen molar-refractivity contribution in [3.8, 4) is 0 Å². The van der Waals surface area contributed by atoms with E-state index in [1.165, 1.54) is 0 Å². The van der Waals surface area contributed by atoms with Crippen LogP contribution in [0.3, 0.4) is 0 Å². The summed E-state index contributed by atoms with van der Waals surface area (Å²) < 4.78 is 0. The average Bonchev–Trinajstić information content (AvgIpc) is 2.21. The SMILES string of the molecule is C[C@@H](O)[C@H](O)CCCCCCCCC(=O)O. The lowest BCUT2D eigenvalue weighted by atomic mass is 10.0. The Morgan fingerprint density at radius 1 is 1.00 bits per heavy atom. The second-order valence-electron chi connectivity index (χ2n) is 4.36. The summed E-state index contributed by atoms with van der Waals surface area (Å²) in [6.07, 6.45) is 5.47. The minimum absolute atomic E-state index is 0.265. The van der Waals surface area contributed by atoms with Crippen LogP contribution in [0.5, 0.6) is 0 Å². The number of aliphatic carboxylic acids is 1. The molecule has 0 aliphatic heterocycles. The lowest BCUT2D eigenvalue weighted by Gasteiger charge is -2.12. The molecule has 0 spiro atoms. The molecule has 0 aromatic heterocycles. The zero-order valence-electron chi connectivity index (χ0n) is 10.1. The van der Waals surface area contributed by atoms with Gasteiger partial charge in [-0.3, -0.25) is 4.79 Å². The zero-order valence-corrected chi connectivity index (χ0v) is 10.1. The van der Waals surface area contributed by atoms with Gasteiger partial charge in [-0.1, -0.05) is 32.1 Å². The van der Waals surface area contributed by atoms with E-state index in [9.17, 15) is 9.90 Å². The number of carboxylic acid groups (broad SMARTS) is 1. The van der Waals surface area contributed by atoms with Crippen LogP contribution in [0.1, 0.15) is 58.3 Å². The van der Waals surface area contributed by atoms with Gasteiger partial charge < -0.3 is 15.3 Å². The Labute approximate surface area is 97.3 Å². The van der Waals surface area contributed by atoms with Gasteiger partial charge in [-0.25, -0.2) is 0 Å². The molecular weight excluding hydrogens is 208 g/mol. The molecule has 4 heteroatoms. The Balaban J connectivity index is 3.13. The van der Waals surface area contributed by atoms with Crippen molar-refractivity contribution < 1.29 is 20.1 Å². The molecule has 0 aliphatic carbocycles. The first-order valence-electron chi connectivity index (χ1n) is 6.12. The zero-order chi connectivity index (χ0) is 12.4. The van der Waals surface area contributed by atoms with Gasteiger partial charge in [0, 0.05) is 6.42 Å². The molecule has 4 nitrogen and oxygen atoms in total. The molecule has 0 radical (unpaired) electrons. The van der Waals surface area contributed by atoms with Gasteiger partial charge in [-0.15, -0.1) is 0 Å². The Bertz CT molecular complexity index is 180. The summed E-state index contributed by atoms with van der Waals surface area (Å²) in [5, 5.41) is 26.8. The fourth-order valence-corrected chi connectivity index (χ4v) is 1.58. The molecule has 0 aliphatic rings. The molecular formula is C12H24O4. The van der Waals surface area contributed by atoms with Crippen LogP contribution in [0.15, 0.2) is 0 Å². The number of hydrogen-bond acceptors (Lipinski definition) is 3. The van der Waals surface area contributed by atoms with Crippen LogP contribution in [-0.4, -0.2) is 33.5 Å². The van der Waals surface area contributed by atoms with Crippen molar-refractivity contribution in [2.45, 2.75) is 70.5 Å². The molecule has 2 atom stereocenters. The highest BCUT2D eigenvalue weighted by Gasteiger charge is 2.09. The van der Waals surface area contributed by atoms with E-state index < -0.39 is 18.2 Å². The molecule has 0 aromatic rings. The normalized spacial score (nSPS) is 14.7. The molecule has 0 heterocycles. The number of unbranched alkanes of at least 4 members (excludes halogenated alkanes) is 5. The van der Waals surface area contributed by atoms with Crippen molar-refractivity contribution in [1.82, 2.24) is 0 Å². The van der Waals surface area contributed by atoms with Crippen LogP contribution >= 0.6 is 0 Å². The summed E-state index contributed by atoms with van der Waals surface area (Å²) in [7, 11) is 0. The van der Waals surface area contributed by atoms with Gasteiger partial charge in [-0.05, 0) is 19.8 Å². The Morgan fingerprint density at radius 2 is 1.50 bits per heavy atom. The second-order valence-corrected chi connectivity index (χ2v) is 4.36. The van der Waals surface area contributed by atoms with Crippen molar-refractivity contribution in [3.05, 3.63) is 0 Å². The largest absolute Gasteiger partial charge is 0.481 e. The van der Waals surface area contributed by atoms with Gasteiger partial charge in [0.25, 0.3) is 0 Å². The Morgan fingerprint density at radius 3 is 2.00 bits per heavy atom. The molecule has 0 rings (SSSR count). The minimum atomic E-state index is -0.722. The summed E-state index contributed by atoms with van der Waals surface area (Å²) in [6, 6.07) is 0. The molecule has 16 heavy (non-hydrogen) atoms. The third kappa shape index (κ3) is 9.93. The van der Waals surface area contributed by atoms with E-state index in [0.717, 1.165) is 38.5 Å². The highest BCUT2D eigenvalue weighted by Crippen LogP contribution is 2.11. The van der Waals surface area contributed by atoms with Crippen molar-refractivity contribution in [2.24, 2.45) is 0 Å². The standard InChI is InChI=1S/C12H24O4/c1-10(13)11(14)8-6-4-2-3-5-7-9-12(15)16/h10-11,13-14H,2-9H2,1H3,(H,15,16)/t10-,11-/m1/s1. The molecule has 0 aromatic carbocycles. The van der Waals surface area contributed by atoms with Gasteiger partial charge in [-0.2, -0.15) is 0 Å². The summed E-state index contributed by atoms with van der Waals surface area (Å²) in [5.41, 5.74) is 0. The summed E-state index contributed by atoms with van der Waals surface area (Å²) in [5.74, 6) is -0.722. The fraction of sp³-hybridized carbons (Fsp3) is 0.917. The molecule has 96 valence electrons. The van der Waals surface area contributed by atoms with Crippen LogP contribution in [0.25, 0.3) is 0 Å². The number of hydrogen-bond donors (Lipinski definition) is 3. The molecule has 3 N–H and O–H groups in total. The fourth-order valence-electron chi connectivity index (χ4n) is 1.58. The predicted molar refractivity (Wildman–Crippen MR) is 62.3 cm³/mol. The molecule has 0 saturated carbocycles. The van der Waals surface area contributed by atoms with Crippen molar-refractivity contribution in [1.29, 1.82) is 0 Å². The molecule has 0 saturated heterocycles. The lowest BCUT2D eigenvalue weighted by molar-refractivity contribution is -0.137. The van der Waals surface area contributed by atoms with E-state index >= 15 is 0 Å². The first-order chi connectivity index (χ1) is 7.54. The van der Waals surface area contributed by atoms with E-state index in [1.54, 1.807) is 6.92 Å². The monoisotopic (exact) mass is 232 g/mol. The smallest absolute Gasteiger partial charge is 0.303 e. The first kappa shape index (κ1) is 15.4. The van der Waals surface area contributed by atoms with Crippen molar-refractivity contribution in [3.63, 3.8) is 0 Å². The number of carboxylic acids is 1. The molecule has 0 unspecified atom stereocenters. The Hall–Kier alpha value is -0.610. The van der Waals surface area contributed by atoms with E-state index in [0.29, 0.717) is 6.42 Å². The van der Waals surface area contributed by atoms with Gasteiger partial charge >= 0.3 is 5.97 Å². The van der Waals surface area contributed by atoms with Crippen molar-refractivity contribution in [2.75, 3.05) is 0 Å². The van der Waals surface area contributed by atoms with E-state index in [-0.39, 0.29) is 6.42 Å². The van der Waals surface area contributed by atoms with Crippen LogP contribution in [0, 0.1) is 0 Å². The van der Waals surface area contributed by atoms with Crippen LogP contribution < -0.4 is 0 Å². The molecule has 0 fully saturated rings. The van der Waals surface area contributed by atoms with E-state index in [1.807, 2.05) is 0 Å². The first-order valence-corrected chi connectivity index (χ1v) is 6.12. The maximum atomic E-state index is 10.2. The number of rotatable bonds is 10. The summed E-state index contributed by atoms with van der Waals surface area (Å²) >= 11 is 0. The van der Waals surface area contributed by atoms with Gasteiger partial charge in [0.2, 0.25) is 0 Å². The van der Waals surface area contributed by atoms with Crippen LogP contribution in [0.2, 0.25) is 0 Å². The van der Waals surface area contributed by atoms with Crippen LogP contribution in [-0.2, 0) is 4.79 Å². The third-order valence-corrected chi connectivity index (χ3v) is 2.70. The second kappa shape index (κ2) is 9.60. The Kier molecular flexibility index (Phi) is 9.24. The maximum Gasteiger partial charge on any atom is 0.303 e. The van der Waals surface area contributed by atoms with Gasteiger partial charge in [0.05, 0.1) is 12.2 Å². The van der Waals surface area contributed by atoms with Crippen LogP contribution in [0.4, 0.5) is 0 Å². The topological polar surface area (TPSA) is 77.8 Å². The third-order valence-electron chi connectivity index (χ3n) is 2.70. The van der Waals surface area contributed by atoms with E-state index in [2.05, 4.69) is 0 Å². The van der Waals surface area contributed by atoms with E-state index in [4.69, 9.17) is 10.2 Å². The quantitative estimate of drug-likeness (QED) is 0.503. The molecule has 0 amide bonds. The summed E-state index contributed by atoms with van der Waals surface area (Å²) in [4.78, 5) is 10.2. The van der Waals surface area contributed by atoms with Gasteiger partial charge in [0.1, 0.15) is 0 Å². The highest BCUT2D eigenvalue weighted by atomic mass is 16.4. The van der Waals surface area contributed by atoms with Gasteiger partial charge in [0.15, 0.2) is 0 Å². The highest BCUT2D eigenvalue weighted by molar-refractivity contribution is 5.66. The predicted octanol–water partition coefficient (Wildman–Crippen LogP) is 1.93. The minimum Gasteiger partial charge on any atom is -0.481 e. The lowest BCUT2D eigenvalue weighted by Crippen LogP contribution is -2.21. The average molecular weight is 232 g/mol. The number of aliphatic hydroxyl groups excluding tert-OH is 2.